The normalized spacial score (nSPS) is 17.7. The number of unbranched alkanes of at least 4 members (excludes halogenated alkanes) is 1. The predicted molar refractivity (Wildman–Crippen MR) is 114 cm³/mol. The van der Waals surface area contributed by atoms with Crippen molar-refractivity contribution in [2.75, 3.05) is 13.2 Å². The van der Waals surface area contributed by atoms with Crippen LogP contribution in [0.15, 0.2) is 23.4 Å². The number of carbonyl (C=O) groups excluding carboxylic acids is 1. The minimum atomic E-state index is -0.767. The number of carbonyl (C=O) groups is 1. The van der Waals surface area contributed by atoms with Crippen molar-refractivity contribution >= 4 is 23.3 Å². The summed E-state index contributed by atoms with van der Waals surface area (Å²) in [5, 5.41) is 4.70. The zero-order valence-corrected chi connectivity index (χ0v) is 18.9. The van der Waals surface area contributed by atoms with Gasteiger partial charge in [0.2, 0.25) is 0 Å². The lowest BCUT2D eigenvalue weighted by atomic mass is 10.0. The number of hydrogen-bond acceptors (Lipinski definition) is 6. The third kappa shape index (κ3) is 6.89. The van der Waals surface area contributed by atoms with E-state index >= 15 is 0 Å². The van der Waals surface area contributed by atoms with Crippen LogP contribution in [0.4, 0.5) is 0 Å². The van der Waals surface area contributed by atoms with Gasteiger partial charge in [0.25, 0.3) is 0 Å². The number of benzene rings is 1. The fraction of sp³-hybridized carbons (Fsp3) is 0.636. The average Bonchev–Trinajstić information content (AvgIpc) is 3.07. The van der Waals surface area contributed by atoms with Crippen molar-refractivity contribution in [3.63, 3.8) is 0 Å². The van der Waals surface area contributed by atoms with Crippen LogP contribution >= 0.6 is 11.6 Å². The van der Waals surface area contributed by atoms with Crippen molar-refractivity contribution in [3.05, 3.63) is 28.8 Å². The summed E-state index contributed by atoms with van der Waals surface area (Å²) in [4.78, 5) is 18.0. The summed E-state index contributed by atoms with van der Waals surface area (Å²) in [6, 6.07) is 5.21. The van der Waals surface area contributed by atoms with Gasteiger partial charge in [-0.1, -0.05) is 43.9 Å². The van der Waals surface area contributed by atoms with Crippen molar-refractivity contribution in [1.82, 2.24) is 0 Å². The highest BCUT2D eigenvalue weighted by Gasteiger charge is 2.33. The second kappa shape index (κ2) is 10.3. The molecule has 0 unspecified atom stereocenters. The Morgan fingerprint density at radius 1 is 1.34 bits per heavy atom. The minimum absolute atomic E-state index is 0.0910. The van der Waals surface area contributed by atoms with Crippen molar-refractivity contribution in [1.29, 1.82) is 0 Å². The Kier molecular flexibility index (Phi) is 8.34. The van der Waals surface area contributed by atoms with Crippen LogP contribution in [0.1, 0.15) is 59.9 Å². The molecule has 0 bridgehead atoms. The molecule has 0 aliphatic carbocycles. The molecule has 0 spiro atoms. The summed E-state index contributed by atoms with van der Waals surface area (Å²) in [6.45, 7) is 12.4. The molecule has 1 heterocycles. The fourth-order valence-electron chi connectivity index (χ4n) is 2.79. The number of rotatable bonds is 9. The second-order valence-corrected chi connectivity index (χ2v) is 8.88. The van der Waals surface area contributed by atoms with E-state index in [-0.39, 0.29) is 12.0 Å². The molecule has 1 aliphatic rings. The fourth-order valence-corrected chi connectivity index (χ4v) is 2.96. The third-order valence-electron chi connectivity index (χ3n) is 4.23. The number of esters is 1. The zero-order valence-electron chi connectivity index (χ0n) is 18.2. The van der Waals surface area contributed by atoms with E-state index in [4.69, 9.17) is 30.6 Å². The third-order valence-corrected chi connectivity index (χ3v) is 4.46. The molecule has 1 aromatic carbocycles. The van der Waals surface area contributed by atoms with Gasteiger partial charge in [-0.05, 0) is 45.4 Å². The van der Waals surface area contributed by atoms with E-state index in [9.17, 15) is 4.79 Å². The van der Waals surface area contributed by atoms with Crippen molar-refractivity contribution in [2.24, 2.45) is 11.1 Å². The van der Waals surface area contributed by atoms with Crippen LogP contribution in [0.25, 0.3) is 0 Å². The summed E-state index contributed by atoms with van der Waals surface area (Å²) < 4.78 is 17.6. The SMILES string of the molecule is CCCCO[C@@H]1CON=C1c1cc(Cl)ccc1O[C@H](C(=O)OC(C)(C)C)C(C)C. The first-order valence-corrected chi connectivity index (χ1v) is 10.5. The zero-order chi connectivity index (χ0) is 21.6. The molecule has 0 fully saturated rings. The Morgan fingerprint density at radius 2 is 2.07 bits per heavy atom. The van der Waals surface area contributed by atoms with Gasteiger partial charge in [0.05, 0.1) is 0 Å². The van der Waals surface area contributed by atoms with Crippen LogP contribution in [0.3, 0.4) is 0 Å². The first kappa shape index (κ1) is 23.5. The molecule has 0 aromatic heterocycles. The van der Waals surface area contributed by atoms with Gasteiger partial charge < -0.3 is 19.0 Å². The van der Waals surface area contributed by atoms with E-state index in [0.29, 0.717) is 35.3 Å². The summed E-state index contributed by atoms with van der Waals surface area (Å²) in [5.41, 5.74) is 0.675. The number of nitrogens with zero attached hydrogens (tertiary/aromatic N) is 1. The highest BCUT2D eigenvalue weighted by atomic mass is 35.5. The Morgan fingerprint density at radius 3 is 2.69 bits per heavy atom. The van der Waals surface area contributed by atoms with Crippen LogP contribution in [0, 0.1) is 5.92 Å². The van der Waals surface area contributed by atoms with Gasteiger partial charge >= 0.3 is 5.97 Å². The molecular formula is C22H32ClNO5. The minimum Gasteiger partial charge on any atom is -0.478 e. The van der Waals surface area contributed by atoms with E-state index < -0.39 is 17.7 Å². The van der Waals surface area contributed by atoms with Crippen molar-refractivity contribution in [2.45, 2.75) is 72.2 Å². The van der Waals surface area contributed by atoms with Crippen molar-refractivity contribution < 1.29 is 23.8 Å². The van der Waals surface area contributed by atoms with E-state index in [2.05, 4.69) is 12.1 Å². The molecule has 0 amide bonds. The lowest BCUT2D eigenvalue weighted by molar-refractivity contribution is -0.165. The van der Waals surface area contributed by atoms with E-state index in [1.165, 1.54) is 0 Å². The van der Waals surface area contributed by atoms with Gasteiger partial charge in [0.1, 0.15) is 29.8 Å². The highest BCUT2D eigenvalue weighted by Crippen LogP contribution is 2.30. The van der Waals surface area contributed by atoms with Gasteiger partial charge in [-0.15, -0.1) is 0 Å². The number of ether oxygens (including phenoxy) is 3. The Balaban J connectivity index is 2.28. The van der Waals surface area contributed by atoms with Crippen LogP contribution in [0.2, 0.25) is 5.02 Å². The quantitative estimate of drug-likeness (QED) is 0.411. The van der Waals surface area contributed by atoms with E-state index in [0.717, 1.165) is 12.8 Å². The first-order chi connectivity index (χ1) is 13.6. The van der Waals surface area contributed by atoms with E-state index in [1.54, 1.807) is 18.2 Å². The number of oxime groups is 1. The molecule has 1 aromatic rings. The topological polar surface area (TPSA) is 66.3 Å². The van der Waals surface area contributed by atoms with Crippen LogP contribution in [-0.2, 0) is 19.1 Å². The highest BCUT2D eigenvalue weighted by molar-refractivity contribution is 6.31. The summed E-state index contributed by atoms with van der Waals surface area (Å²) in [6.07, 6.45) is 0.923. The summed E-state index contributed by atoms with van der Waals surface area (Å²) in [7, 11) is 0. The standard InChI is InChI=1S/C22H32ClNO5/c1-7-8-11-26-18-13-27-24-19(18)16-12-15(23)9-10-17(16)28-20(14(2)3)21(25)29-22(4,5)6/h9-10,12,14,18,20H,7-8,11,13H2,1-6H3/t18-,20+/m1/s1. The molecule has 2 rings (SSSR count). The second-order valence-electron chi connectivity index (χ2n) is 8.44. The lowest BCUT2D eigenvalue weighted by Gasteiger charge is -2.27. The first-order valence-electron chi connectivity index (χ1n) is 10.1. The van der Waals surface area contributed by atoms with Crippen LogP contribution in [0.5, 0.6) is 5.75 Å². The maximum Gasteiger partial charge on any atom is 0.348 e. The molecule has 0 radical (unpaired) electrons. The molecule has 6 nitrogen and oxygen atoms in total. The largest absolute Gasteiger partial charge is 0.478 e. The van der Waals surface area contributed by atoms with Gasteiger partial charge in [-0.3, -0.25) is 0 Å². The van der Waals surface area contributed by atoms with E-state index in [1.807, 2.05) is 34.6 Å². The number of hydrogen-bond donors (Lipinski definition) is 0. The van der Waals surface area contributed by atoms with Crippen LogP contribution < -0.4 is 4.74 Å². The predicted octanol–water partition coefficient (Wildman–Crippen LogP) is 5.00. The maximum absolute atomic E-state index is 12.7. The Bertz CT molecular complexity index is 726. The molecule has 162 valence electrons. The molecule has 0 saturated carbocycles. The average molecular weight is 426 g/mol. The van der Waals surface area contributed by atoms with Crippen LogP contribution in [-0.4, -0.2) is 42.7 Å². The molecule has 0 saturated heterocycles. The van der Waals surface area contributed by atoms with Crippen molar-refractivity contribution in [3.8, 4) is 5.75 Å². The summed E-state index contributed by atoms with van der Waals surface area (Å²) in [5.74, 6) is -0.00666. The lowest BCUT2D eigenvalue weighted by Crippen LogP contribution is -2.39. The van der Waals surface area contributed by atoms with Gasteiger partial charge in [0.15, 0.2) is 6.10 Å². The maximum atomic E-state index is 12.7. The molecular weight excluding hydrogens is 394 g/mol. The molecule has 29 heavy (non-hydrogen) atoms. The Labute approximate surface area is 178 Å². The monoisotopic (exact) mass is 425 g/mol. The van der Waals surface area contributed by atoms with Gasteiger partial charge in [-0.25, -0.2) is 4.79 Å². The summed E-state index contributed by atoms with van der Waals surface area (Å²) >= 11 is 6.23. The molecule has 7 heteroatoms. The molecule has 2 atom stereocenters. The molecule has 1 aliphatic heterocycles. The van der Waals surface area contributed by atoms with Gasteiger partial charge in [-0.2, -0.15) is 0 Å². The number of halogens is 1. The Hall–Kier alpha value is -1.79. The molecule has 0 N–H and O–H groups in total. The smallest absolute Gasteiger partial charge is 0.348 e. The van der Waals surface area contributed by atoms with Gasteiger partial charge in [0, 0.05) is 23.1 Å².